The molecule has 1 heterocycles. The molecule has 16 heavy (non-hydrogen) atoms. The smallest absolute Gasteiger partial charge is 0.0409 e. The van der Waals surface area contributed by atoms with Gasteiger partial charge < -0.3 is 0 Å². The maximum Gasteiger partial charge on any atom is 0.0409 e. The van der Waals surface area contributed by atoms with Crippen LogP contribution in [-0.2, 0) is 12.8 Å². The quantitative estimate of drug-likeness (QED) is 0.739. The van der Waals surface area contributed by atoms with Crippen molar-refractivity contribution in [2.24, 2.45) is 0 Å². The molecule has 0 saturated carbocycles. The van der Waals surface area contributed by atoms with Gasteiger partial charge in [-0.05, 0) is 48.4 Å². The zero-order valence-electron chi connectivity index (χ0n) is 9.26. The fraction of sp³-hybridized carbons (Fsp3) is 0.267. The molecular weight excluding hydrogens is 194 g/mol. The number of aryl methyl sites for hydroxylation is 1. The first-order valence-electron chi connectivity index (χ1n) is 5.91. The molecule has 1 nitrogen and oxygen atoms in total. The van der Waals surface area contributed by atoms with Crippen molar-refractivity contribution in [2.45, 2.75) is 25.2 Å². The molecule has 0 N–H and O–H groups in total. The van der Waals surface area contributed by atoms with Gasteiger partial charge in [-0.25, -0.2) is 0 Å². The SMILES string of the molecule is c1ccc(C[C@@H]2CCc3ccccc32)nc1. The average molecular weight is 209 g/mol. The number of pyridine rings is 1. The van der Waals surface area contributed by atoms with Crippen molar-refractivity contribution in [3.63, 3.8) is 0 Å². The molecule has 1 aliphatic rings. The number of aromatic nitrogens is 1. The minimum atomic E-state index is 0.672. The molecule has 0 amide bonds. The van der Waals surface area contributed by atoms with E-state index in [1.165, 1.54) is 29.7 Å². The summed E-state index contributed by atoms with van der Waals surface area (Å²) in [5.74, 6) is 0.672. The highest BCUT2D eigenvalue weighted by Gasteiger charge is 2.22. The largest absolute Gasteiger partial charge is 0.261 e. The van der Waals surface area contributed by atoms with Crippen molar-refractivity contribution in [3.8, 4) is 0 Å². The highest BCUT2D eigenvalue weighted by molar-refractivity contribution is 5.35. The molecule has 2 aromatic rings. The summed E-state index contributed by atoms with van der Waals surface area (Å²) in [6.45, 7) is 0. The summed E-state index contributed by atoms with van der Waals surface area (Å²) < 4.78 is 0. The summed E-state index contributed by atoms with van der Waals surface area (Å²) in [6.07, 6.45) is 5.47. The van der Waals surface area contributed by atoms with Crippen LogP contribution in [-0.4, -0.2) is 4.98 Å². The summed E-state index contributed by atoms with van der Waals surface area (Å²) in [6, 6.07) is 15.0. The molecule has 1 atom stereocenters. The lowest BCUT2D eigenvalue weighted by Gasteiger charge is -2.10. The molecule has 1 aromatic carbocycles. The molecular formula is C15H15N. The second-order valence-corrected chi connectivity index (χ2v) is 4.46. The van der Waals surface area contributed by atoms with E-state index in [1.807, 2.05) is 12.3 Å². The molecule has 0 fully saturated rings. The maximum atomic E-state index is 4.42. The van der Waals surface area contributed by atoms with Crippen molar-refractivity contribution in [2.75, 3.05) is 0 Å². The molecule has 0 bridgehead atoms. The van der Waals surface area contributed by atoms with Crippen molar-refractivity contribution < 1.29 is 0 Å². The van der Waals surface area contributed by atoms with Crippen molar-refractivity contribution in [3.05, 3.63) is 65.5 Å². The summed E-state index contributed by atoms with van der Waals surface area (Å²) >= 11 is 0. The summed E-state index contributed by atoms with van der Waals surface area (Å²) in [5.41, 5.74) is 4.28. The minimum Gasteiger partial charge on any atom is -0.261 e. The molecule has 0 aliphatic heterocycles. The van der Waals surface area contributed by atoms with E-state index in [9.17, 15) is 0 Å². The van der Waals surface area contributed by atoms with E-state index >= 15 is 0 Å². The molecule has 0 radical (unpaired) electrons. The van der Waals surface area contributed by atoms with E-state index in [4.69, 9.17) is 0 Å². The van der Waals surface area contributed by atoms with Crippen LogP contribution in [0.15, 0.2) is 48.7 Å². The number of hydrogen-bond donors (Lipinski definition) is 0. The van der Waals surface area contributed by atoms with Crippen LogP contribution in [0.1, 0.15) is 29.2 Å². The van der Waals surface area contributed by atoms with Gasteiger partial charge in [-0.3, -0.25) is 4.98 Å². The van der Waals surface area contributed by atoms with Crippen molar-refractivity contribution in [1.29, 1.82) is 0 Å². The molecule has 0 spiro atoms. The molecule has 1 heteroatoms. The van der Waals surface area contributed by atoms with E-state index in [0.29, 0.717) is 5.92 Å². The van der Waals surface area contributed by atoms with Gasteiger partial charge in [0.25, 0.3) is 0 Å². The van der Waals surface area contributed by atoms with E-state index in [0.717, 1.165) is 6.42 Å². The van der Waals surface area contributed by atoms with Gasteiger partial charge in [0.05, 0.1) is 0 Å². The lowest BCUT2D eigenvalue weighted by atomic mass is 9.96. The van der Waals surface area contributed by atoms with Gasteiger partial charge in [0, 0.05) is 11.9 Å². The van der Waals surface area contributed by atoms with Crippen LogP contribution < -0.4 is 0 Å². The molecule has 1 aromatic heterocycles. The fourth-order valence-corrected chi connectivity index (χ4v) is 2.63. The predicted octanol–water partition coefficient (Wildman–Crippen LogP) is 3.35. The van der Waals surface area contributed by atoms with Gasteiger partial charge in [0.2, 0.25) is 0 Å². The lowest BCUT2D eigenvalue weighted by molar-refractivity contribution is 0.663. The highest BCUT2D eigenvalue weighted by atomic mass is 14.7. The van der Waals surface area contributed by atoms with Crippen LogP contribution in [0.2, 0.25) is 0 Å². The van der Waals surface area contributed by atoms with Crippen LogP contribution >= 0.6 is 0 Å². The van der Waals surface area contributed by atoms with E-state index in [2.05, 4.69) is 41.4 Å². The summed E-state index contributed by atoms with van der Waals surface area (Å²) in [5, 5.41) is 0. The van der Waals surface area contributed by atoms with Crippen LogP contribution in [0.25, 0.3) is 0 Å². The van der Waals surface area contributed by atoms with Gasteiger partial charge in [-0.1, -0.05) is 30.3 Å². The van der Waals surface area contributed by atoms with Gasteiger partial charge in [-0.15, -0.1) is 0 Å². The van der Waals surface area contributed by atoms with Gasteiger partial charge in [0.1, 0.15) is 0 Å². The zero-order chi connectivity index (χ0) is 10.8. The number of benzene rings is 1. The fourth-order valence-electron chi connectivity index (χ4n) is 2.63. The van der Waals surface area contributed by atoms with E-state index in [1.54, 1.807) is 0 Å². The maximum absolute atomic E-state index is 4.42. The first-order chi connectivity index (χ1) is 7.93. The topological polar surface area (TPSA) is 12.9 Å². The Morgan fingerprint density at radius 3 is 2.81 bits per heavy atom. The minimum absolute atomic E-state index is 0.672. The molecule has 3 rings (SSSR count). The average Bonchev–Trinajstić information content (AvgIpc) is 2.74. The predicted molar refractivity (Wildman–Crippen MR) is 65.4 cm³/mol. The number of hydrogen-bond acceptors (Lipinski definition) is 1. The third-order valence-corrected chi connectivity index (χ3v) is 3.44. The molecule has 80 valence electrons. The Balaban J connectivity index is 1.84. The highest BCUT2D eigenvalue weighted by Crippen LogP contribution is 2.34. The molecule has 0 unspecified atom stereocenters. The Labute approximate surface area is 96.2 Å². The number of fused-ring (bicyclic) bond motifs is 1. The Hall–Kier alpha value is -1.63. The Morgan fingerprint density at radius 1 is 1.06 bits per heavy atom. The lowest BCUT2D eigenvalue weighted by Crippen LogP contribution is -2.00. The van der Waals surface area contributed by atoms with Gasteiger partial charge in [-0.2, -0.15) is 0 Å². The van der Waals surface area contributed by atoms with Crippen LogP contribution in [0.5, 0.6) is 0 Å². The first-order valence-corrected chi connectivity index (χ1v) is 5.91. The first kappa shape index (κ1) is 9.59. The zero-order valence-corrected chi connectivity index (χ0v) is 9.26. The Kier molecular flexibility index (Phi) is 2.45. The van der Waals surface area contributed by atoms with Gasteiger partial charge in [0.15, 0.2) is 0 Å². The monoisotopic (exact) mass is 209 g/mol. The Morgan fingerprint density at radius 2 is 1.94 bits per heavy atom. The number of rotatable bonds is 2. The van der Waals surface area contributed by atoms with Crippen LogP contribution in [0, 0.1) is 0 Å². The number of nitrogens with zero attached hydrogens (tertiary/aromatic N) is 1. The van der Waals surface area contributed by atoms with E-state index in [-0.39, 0.29) is 0 Å². The summed E-state index contributed by atoms with van der Waals surface area (Å²) in [7, 11) is 0. The van der Waals surface area contributed by atoms with Gasteiger partial charge >= 0.3 is 0 Å². The van der Waals surface area contributed by atoms with Crippen LogP contribution in [0.4, 0.5) is 0 Å². The third kappa shape index (κ3) is 1.73. The van der Waals surface area contributed by atoms with E-state index < -0.39 is 0 Å². The van der Waals surface area contributed by atoms with Crippen molar-refractivity contribution in [1.82, 2.24) is 4.98 Å². The molecule has 0 saturated heterocycles. The van der Waals surface area contributed by atoms with Crippen LogP contribution in [0.3, 0.4) is 0 Å². The Bertz CT molecular complexity index is 476. The second-order valence-electron chi connectivity index (χ2n) is 4.46. The second kappa shape index (κ2) is 4.09. The van der Waals surface area contributed by atoms with Crippen molar-refractivity contribution >= 4 is 0 Å². The normalized spacial score (nSPS) is 18.4. The third-order valence-electron chi connectivity index (χ3n) is 3.44. The molecule has 1 aliphatic carbocycles. The summed E-state index contributed by atoms with van der Waals surface area (Å²) in [4.78, 5) is 4.42. The standard InChI is InChI=1S/C15H15N/c1-2-7-15-12(5-1)8-9-13(15)11-14-6-3-4-10-16-14/h1-7,10,13H,8-9,11H2/t13-/m0/s1.